The minimum absolute atomic E-state index is 0.131. The molecule has 0 bridgehead atoms. The monoisotopic (exact) mass is 329 g/mol. The van der Waals surface area contributed by atoms with Gasteiger partial charge in [0.15, 0.2) is 9.84 Å². The van der Waals surface area contributed by atoms with Crippen LogP contribution in [0.4, 0.5) is 5.69 Å². The Morgan fingerprint density at radius 1 is 1.20 bits per heavy atom. The molecule has 1 aromatic heterocycles. The van der Waals surface area contributed by atoms with E-state index < -0.39 is 9.84 Å². The van der Waals surface area contributed by atoms with Gasteiger partial charge in [-0.1, -0.05) is 11.8 Å². The second-order valence-electron chi connectivity index (χ2n) is 4.14. The molecular weight excluding hydrogens is 318 g/mol. The summed E-state index contributed by atoms with van der Waals surface area (Å²) in [5, 5.41) is 0.682. The molecule has 2 rings (SSSR count). The number of anilines is 1. The summed E-state index contributed by atoms with van der Waals surface area (Å²) in [6.07, 6.45) is 1.17. The van der Waals surface area contributed by atoms with Crippen molar-refractivity contribution in [1.29, 1.82) is 0 Å². The van der Waals surface area contributed by atoms with Crippen LogP contribution < -0.4 is 5.73 Å². The minimum Gasteiger partial charge on any atom is -0.395 e. The third-order valence-corrected chi connectivity index (χ3v) is 4.85. The standard InChI is InChI=1S/C12H12ClN3O2S2/c1-7-10(14)11(16-12(13)15-7)19-8-3-5-9(6-4-8)20(2,17)18/h3-6H,14H2,1-2H3. The molecule has 2 N–H and O–H groups in total. The highest BCUT2D eigenvalue weighted by Gasteiger charge is 2.11. The van der Waals surface area contributed by atoms with Crippen LogP contribution in [-0.2, 0) is 9.84 Å². The van der Waals surface area contributed by atoms with Gasteiger partial charge in [0.1, 0.15) is 5.03 Å². The van der Waals surface area contributed by atoms with E-state index >= 15 is 0 Å². The van der Waals surface area contributed by atoms with E-state index in [0.29, 0.717) is 16.4 Å². The fourth-order valence-electron chi connectivity index (χ4n) is 1.47. The van der Waals surface area contributed by atoms with Crippen molar-refractivity contribution in [1.82, 2.24) is 9.97 Å². The van der Waals surface area contributed by atoms with E-state index in [1.165, 1.54) is 18.0 Å². The first-order valence-electron chi connectivity index (χ1n) is 5.55. The molecule has 0 atom stereocenters. The van der Waals surface area contributed by atoms with E-state index in [1.807, 2.05) is 0 Å². The van der Waals surface area contributed by atoms with E-state index in [1.54, 1.807) is 31.2 Å². The minimum atomic E-state index is -3.19. The van der Waals surface area contributed by atoms with Gasteiger partial charge in [0.05, 0.1) is 16.3 Å². The maximum Gasteiger partial charge on any atom is 0.223 e. The van der Waals surface area contributed by atoms with Crippen LogP contribution in [0.15, 0.2) is 39.1 Å². The SMILES string of the molecule is Cc1nc(Cl)nc(Sc2ccc(S(C)(=O)=O)cc2)c1N. The molecule has 0 amide bonds. The van der Waals surface area contributed by atoms with E-state index in [0.717, 1.165) is 4.90 Å². The lowest BCUT2D eigenvalue weighted by molar-refractivity contribution is 0.602. The van der Waals surface area contributed by atoms with Crippen molar-refractivity contribution in [2.24, 2.45) is 0 Å². The lowest BCUT2D eigenvalue weighted by Gasteiger charge is -2.07. The van der Waals surface area contributed by atoms with Crippen LogP contribution in [0, 0.1) is 6.92 Å². The van der Waals surface area contributed by atoms with E-state index in [4.69, 9.17) is 17.3 Å². The second-order valence-corrected chi connectivity index (χ2v) is 7.56. The number of nitrogens with zero attached hydrogens (tertiary/aromatic N) is 2. The Bertz CT molecular complexity index is 746. The molecule has 20 heavy (non-hydrogen) atoms. The maximum absolute atomic E-state index is 11.4. The third-order valence-electron chi connectivity index (χ3n) is 2.54. The molecule has 0 fully saturated rings. The molecule has 1 heterocycles. The zero-order chi connectivity index (χ0) is 14.9. The van der Waals surface area contributed by atoms with Gasteiger partial charge in [0.2, 0.25) is 5.28 Å². The molecule has 106 valence electrons. The first-order chi connectivity index (χ1) is 9.27. The molecule has 0 unspecified atom stereocenters. The molecule has 0 aliphatic heterocycles. The zero-order valence-corrected chi connectivity index (χ0v) is 13.2. The summed E-state index contributed by atoms with van der Waals surface area (Å²) in [5.74, 6) is 0. The van der Waals surface area contributed by atoms with Crippen LogP contribution in [-0.4, -0.2) is 24.6 Å². The van der Waals surface area contributed by atoms with E-state index in [2.05, 4.69) is 9.97 Å². The summed E-state index contributed by atoms with van der Waals surface area (Å²) in [7, 11) is -3.19. The molecule has 0 saturated carbocycles. The summed E-state index contributed by atoms with van der Waals surface area (Å²) in [6, 6.07) is 6.49. The number of aromatic nitrogens is 2. The van der Waals surface area contributed by atoms with Gasteiger partial charge >= 0.3 is 0 Å². The smallest absolute Gasteiger partial charge is 0.223 e. The Kier molecular flexibility index (Phi) is 4.22. The number of nitrogens with two attached hydrogens (primary N) is 1. The summed E-state index contributed by atoms with van der Waals surface area (Å²) in [4.78, 5) is 9.12. The van der Waals surface area contributed by atoms with Crippen LogP contribution >= 0.6 is 23.4 Å². The topological polar surface area (TPSA) is 85.9 Å². The Hall–Kier alpha value is -1.31. The van der Waals surface area contributed by atoms with Gasteiger partial charge in [-0.3, -0.25) is 0 Å². The number of hydrogen-bond acceptors (Lipinski definition) is 6. The number of halogens is 1. The first kappa shape index (κ1) is 15.1. The molecule has 0 spiro atoms. The van der Waals surface area contributed by atoms with Gasteiger partial charge in [-0.15, -0.1) is 0 Å². The average Bonchev–Trinajstić information content (AvgIpc) is 2.35. The van der Waals surface area contributed by atoms with Crippen molar-refractivity contribution >= 4 is 38.9 Å². The molecule has 0 radical (unpaired) electrons. The maximum atomic E-state index is 11.4. The van der Waals surface area contributed by atoms with Crippen LogP contribution in [0.5, 0.6) is 0 Å². The number of hydrogen-bond donors (Lipinski definition) is 1. The summed E-state index contributed by atoms with van der Waals surface area (Å²) in [6.45, 7) is 1.75. The zero-order valence-electron chi connectivity index (χ0n) is 10.8. The predicted octanol–water partition coefficient (Wildman–Crippen LogP) is 2.58. The average molecular weight is 330 g/mol. The number of benzene rings is 1. The molecule has 5 nitrogen and oxygen atoms in total. The second kappa shape index (κ2) is 5.59. The number of nitrogen functional groups attached to an aromatic ring is 1. The molecule has 0 saturated heterocycles. The largest absolute Gasteiger partial charge is 0.395 e. The lowest BCUT2D eigenvalue weighted by atomic mass is 10.4. The summed E-state index contributed by atoms with van der Waals surface area (Å²) in [5.41, 5.74) is 6.97. The van der Waals surface area contributed by atoms with Crippen LogP contribution in [0.25, 0.3) is 0 Å². The van der Waals surface area contributed by atoms with Crippen LogP contribution in [0.2, 0.25) is 5.28 Å². The predicted molar refractivity (Wildman–Crippen MR) is 79.9 cm³/mol. The van der Waals surface area contributed by atoms with Crippen LogP contribution in [0.3, 0.4) is 0 Å². The van der Waals surface area contributed by atoms with Gasteiger partial charge in [0, 0.05) is 11.2 Å². The van der Waals surface area contributed by atoms with Gasteiger partial charge < -0.3 is 5.73 Å². The van der Waals surface area contributed by atoms with E-state index in [-0.39, 0.29) is 10.2 Å². The fourth-order valence-corrected chi connectivity index (χ4v) is 3.24. The first-order valence-corrected chi connectivity index (χ1v) is 8.63. The molecular formula is C12H12ClN3O2S2. The Labute approximate surface area is 126 Å². The van der Waals surface area contributed by atoms with Gasteiger partial charge in [0.25, 0.3) is 0 Å². The van der Waals surface area contributed by atoms with Crippen molar-refractivity contribution in [3.63, 3.8) is 0 Å². The summed E-state index contributed by atoms with van der Waals surface area (Å²) >= 11 is 7.11. The summed E-state index contributed by atoms with van der Waals surface area (Å²) < 4.78 is 22.8. The number of sulfone groups is 1. The van der Waals surface area contributed by atoms with Crippen molar-refractivity contribution < 1.29 is 8.42 Å². The van der Waals surface area contributed by atoms with Crippen molar-refractivity contribution in [3.8, 4) is 0 Å². The van der Waals surface area contributed by atoms with E-state index in [9.17, 15) is 8.42 Å². The van der Waals surface area contributed by atoms with Crippen LogP contribution in [0.1, 0.15) is 5.69 Å². The molecule has 0 aliphatic carbocycles. The van der Waals surface area contributed by atoms with Gasteiger partial charge in [-0.2, -0.15) is 0 Å². The van der Waals surface area contributed by atoms with Gasteiger partial charge in [-0.25, -0.2) is 18.4 Å². The highest BCUT2D eigenvalue weighted by Crippen LogP contribution is 2.32. The highest BCUT2D eigenvalue weighted by molar-refractivity contribution is 7.99. The number of rotatable bonds is 3. The normalized spacial score (nSPS) is 11.6. The Morgan fingerprint density at radius 2 is 1.80 bits per heavy atom. The van der Waals surface area contributed by atoms with Gasteiger partial charge in [-0.05, 0) is 42.8 Å². The quantitative estimate of drug-likeness (QED) is 0.688. The van der Waals surface area contributed by atoms with Crippen molar-refractivity contribution in [3.05, 3.63) is 35.2 Å². The third kappa shape index (κ3) is 3.41. The fraction of sp³-hybridized carbons (Fsp3) is 0.167. The molecule has 0 aliphatic rings. The molecule has 8 heteroatoms. The highest BCUT2D eigenvalue weighted by atomic mass is 35.5. The molecule has 2 aromatic rings. The van der Waals surface area contributed by atoms with Crippen molar-refractivity contribution in [2.75, 3.05) is 12.0 Å². The Morgan fingerprint density at radius 3 is 2.35 bits per heavy atom. The lowest BCUT2D eigenvalue weighted by Crippen LogP contribution is -1.99. The Balaban J connectivity index is 2.32. The van der Waals surface area contributed by atoms with Crippen molar-refractivity contribution in [2.45, 2.75) is 21.7 Å². The number of aryl methyl sites for hydroxylation is 1. The molecule has 1 aromatic carbocycles.